The number of para-hydroxylation sites is 2. The number of alkyl halides is 3. The van der Waals surface area contributed by atoms with Gasteiger partial charge in [0.1, 0.15) is 12.7 Å². The monoisotopic (exact) mass is 433 g/mol. The van der Waals surface area contributed by atoms with Crippen molar-refractivity contribution in [3.8, 4) is 22.9 Å². The molecular weight excluding hydrogens is 415 g/mol. The lowest BCUT2D eigenvalue weighted by molar-refractivity contribution is -0.137. The molecule has 2 aromatic carbocycles. The molecule has 1 N–H and O–H groups in total. The summed E-state index contributed by atoms with van der Waals surface area (Å²) in [6, 6.07) is 11.8. The van der Waals surface area contributed by atoms with Crippen molar-refractivity contribution in [1.82, 2.24) is 15.1 Å². The summed E-state index contributed by atoms with van der Waals surface area (Å²) >= 11 is 0. The van der Waals surface area contributed by atoms with Gasteiger partial charge in [-0.3, -0.25) is 4.79 Å². The first-order valence-corrected chi connectivity index (χ1v) is 9.33. The van der Waals surface area contributed by atoms with Crippen molar-refractivity contribution in [2.45, 2.75) is 12.3 Å². The number of carbonyl (C=O) groups excluding carboxylic acids is 1. The number of hydrogen-bond acceptors (Lipinski definition) is 5. The number of amides is 1. The Balaban J connectivity index is 1.47. The third-order valence-electron chi connectivity index (χ3n) is 4.61. The van der Waals surface area contributed by atoms with Crippen LogP contribution in [0.25, 0.3) is 5.69 Å². The lowest BCUT2D eigenvalue weighted by Gasteiger charge is -2.26. The zero-order valence-electron chi connectivity index (χ0n) is 16.3. The van der Waals surface area contributed by atoms with E-state index in [0.717, 1.165) is 12.1 Å². The van der Waals surface area contributed by atoms with Crippen molar-refractivity contribution < 1.29 is 32.2 Å². The second kappa shape index (κ2) is 8.21. The fraction of sp³-hybridized carbons (Fsp3) is 0.238. The van der Waals surface area contributed by atoms with Crippen LogP contribution in [0.3, 0.4) is 0 Å². The van der Waals surface area contributed by atoms with E-state index in [-0.39, 0.29) is 30.3 Å². The molecule has 0 saturated carbocycles. The van der Waals surface area contributed by atoms with Crippen LogP contribution in [-0.4, -0.2) is 42.1 Å². The SMILES string of the molecule is COc1cn(-c2cccc(C(F)(F)F)c2)nc1C(=O)NCC1COc2ccccc2O1. The summed E-state index contributed by atoms with van der Waals surface area (Å²) < 4.78 is 56.7. The van der Waals surface area contributed by atoms with Gasteiger partial charge in [0.05, 0.1) is 31.1 Å². The Kier molecular flexibility index (Phi) is 5.45. The third kappa shape index (κ3) is 4.42. The van der Waals surface area contributed by atoms with Crippen LogP contribution >= 0.6 is 0 Å². The van der Waals surface area contributed by atoms with Gasteiger partial charge in [0, 0.05) is 0 Å². The number of methoxy groups -OCH3 is 1. The summed E-state index contributed by atoms with van der Waals surface area (Å²) in [6.07, 6.45) is -3.55. The maximum atomic E-state index is 13.0. The predicted octanol–water partition coefficient (Wildman–Crippen LogP) is 3.47. The molecular formula is C21H18F3N3O4. The van der Waals surface area contributed by atoms with Crippen molar-refractivity contribution in [2.24, 2.45) is 0 Å². The minimum atomic E-state index is -4.49. The number of nitrogens with one attached hydrogen (secondary N) is 1. The van der Waals surface area contributed by atoms with E-state index in [9.17, 15) is 18.0 Å². The number of fused-ring (bicyclic) bond motifs is 1. The Morgan fingerprint density at radius 1 is 1.23 bits per heavy atom. The average Bonchev–Trinajstić information content (AvgIpc) is 3.21. The molecule has 31 heavy (non-hydrogen) atoms. The summed E-state index contributed by atoms with van der Waals surface area (Å²) in [4.78, 5) is 12.6. The summed E-state index contributed by atoms with van der Waals surface area (Å²) in [7, 11) is 1.35. The molecule has 0 radical (unpaired) electrons. The Labute approximate surface area is 175 Å². The van der Waals surface area contributed by atoms with E-state index < -0.39 is 23.8 Å². The Bertz CT molecular complexity index is 1100. The van der Waals surface area contributed by atoms with Gasteiger partial charge in [-0.25, -0.2) is 4.68 Å². The van der Waals surface area contributed by atoms with Gasteiger partial charge in [0.25, 0.3) is 5.91 Å². The van der Waals surface area contributed by atoms with Crippen LogP contribution in [0.5, 0.6) is 17.2 Å². The maximum Gasteiger partial charge on any atom is 0.416 e. The molecule has 2 heterocycles. The van der Waals surface area contributed by atoms with Crippen LogP contribution in [0, 0.1) is 0 Å². The van der Waals surface area contributed by atoms with Gasteiger partial charge in [0.2, 0.25) is 0 Å². The molecule has 1 aromatic heterocycles. The van der Waals surface area contributed by atoms with Crippen LogP contribution < -0.4 is 19.5 Å². The zero-order valence-corrected chi connectivity index (χ0v) is 16.3. The lowest BCUT2D eigenvalue weighted by atomic mass is 10.2. The molecule has 0 aliphatic carbocycles. The minimum Gasteiger partial charge on any atom is -0.493 e. The minimum absolute atomic E-state index is 0.0583. The molecule has 7 nitrogen and oxygen atoms in total. The second-order valence-corrected chi connectivity index (χ2v) is 6.75. The largest absolute Gasteiger partial charge is 0.493 e. The summed E-state index contributed by atoms with van der Waals surface area (Å²) in [5.74, 6) is 0.789. The normalized spacial score (nSPS) is 15.4. The molecule has 3 aromatic rings. The van der Waals surface area contributed by atoms with Gasteiger partial charge >= 0.3 is 6.18 Å². The molecule has 0 fully saturated rings. The van der Waals surface area contributed by atoms with E-state index in [1.54, 1.807) is 12.1 Å². The number of hydrogen-bond donors (Lipinski definition) is 1. The fourth-order valence-corrected chi connectivity index (χ4v) is 3.08. The highest BCUT2D eigenvalue weighted by Gasteiger charge is 2.31. The summed E-state index contributed by atoms with van der Waals surface area (Å²) in [5.41, 5.74) is -0.731. The van der Waals surface area contributed by atoms with Crippen molar-refractivity contribution in [3.63, 3.8) is 0 Å². The number of benzene rings is 2. The number of rotatable bonds is 5. The van der Waals surface area contributed by atoms with E-state index in [0.29, 0.717) is 11.5 Å². The first-order valence-electron chi connectivity index (χ1n) is 9.33. The number of carbonyl (C=O) groups is 1. The molecule has 1 unspecified atom stereocenters. The Hall–Kier alpha value is -3.69. The van der Waals surface area contributed by atoms with Gasteiger partial charge in [-0.15, -0.1) is 0 Å². The van der Waals surface area contributed by atoms with Crippen LogP contribution in [0.4, 0.5) is 13.2 Å². The summed E-state index contributed by atoms with van der Waals surface area (Å²) in [5, 5.41) is 6.81. The molecule has 4 rings (SSSR count). The van der Waals surface area contributed by atoms with E-state index in [1.165, 1.54) is 30.1 Å². The molecule has 1 amide bonds. The summed E-state index contributed by atoms with van der Waals surface area (Å²) in [6.45, 7) is 0.403. The highest BCUT2D eigenvalue weighted by atomic mass is 19.4. The first kappa shape index (κ1) is 20.6. The topological polar surface area (TPSA) is 74.6 Å². The smallest absolute Gasteiger partial charge is 0.416 e. The van der Waals surface area contributed by atoms with Crippen LogP contribution in [-0.2, 0) is 6.18 Å². The second-order valence-electron chi connectivity index (χ2n) is 6.75. The number of nitrogens with zero attached hydrogens (tertiary/aromatic N) is 2. The van der Waals surface area contributed by atoms with Gasteiger partial charge in [-0.1, -0.05) is 18.2 Å². The van der Waals surface area contributed by atoms with E-state index in [1.807, 2.05) is 12.1 Å². The molecule has 0 saturated heterocycles. The highest BCUT2D eigenvalue weighted by Crippen LogP contribution is 2.32. The fourth-order valence-electron chi connectivity index (χ4n) is 3.08. The van der Waals surface area contributed by atoms with Gasteiger partial charge in [0.15, 0.2) is 22.9 Å². The molecule has 10 heteroatoms. The van der Waals surface area contributed by atoms with Crippen molar-refractivity contribution in [2.75, 3.05) is 20.3 Å². The number of aromatic nitrogens is 2. The lowest BCUT2D eigenvalue weighted by Crippen LogP contribution is -2.40. The van der Waals surface area contributed by atoms with Gasteiger partial charge in [-0.2, -0.15) is 18.3 Å². The third-order valence-corrected chi connectivity index (χ3v) is 4.61. The average molecular weight is 433 g/mol. The number of ether oxygens (including phenoxy) is 3. The maximum absolute atomic E-state index is 13.0. The van der Waals surface area contributed by atoms with Crippen molar-refractivity contribution >= 4 is 5.91 Å². The molecule has 1 atom stereocenters. The van der Waals surface area contributed by atoms with Crippen LogP contribution in [0.15, 0.2) is 54.7 Å². The van der Waals surface area contributed by atoms with E-state index in [4.69, 9.17) is 14.2 Å². The molecule has 0 bridgehead atoms. The zero-order chi connectivity index (χ0) is 22.0. The standard InChI is InChI=1S/C21H18F3N3O4/c1-29-18-11-27(14-6-4-5-13(9-14)21(22,23)24)26-19(18)20(28)25-10-15-12-30-16-7-2-3-8-17(16)31-15/h2-9,11,15H,10,12H2,1H3,(H,25,28). The van der Waals surface area contributed by atoms with E-state index in [2.05, 4.69) is 10.4 Å². The van der Waals surface area contributed by atoms with Gasteiger partial charge in [-0.05, 0) is 30.3 Å². The van der Waals surface area contributed by atoms with Crippen LogP contribution in [0.2, 0.25) is 0 Å². The number of halogens is 3. The Morgan fingerprint density at radius 3 is 2.74 bits per heavy atom. The molecule has 1 aliphatic rings. The Morgan fingerprint density at radius 2 is 2.00 bits per heavy atom. The molecule has 162 valence electrons. The first-order chi connectivity index (χ1) is 14.8. The highest BCUT2D eigenvalue weighted by molar-refractivity contribution is 5.95. The van der Waals surface area contributed by atoms with Crippen molar-refractivity contribution in [1.29, 1.82) is 0 Å². The molecule has 1 aliphatic heterocycles. The predicted molar refractivity (Wildman–Crippen MR) is 104 cm³/mol. The molecule has 0 spiro atoms. The quantitative estimate of drug-likeness (QED) is 0.667. The van der Waals surface area contributed by atoms with Crippen LogP contribution in [0.1, 0.15) is 16.1 Å². The van der Waals surface area contributed by atoms with Crippen molar-refractivity contribution in [3.05, 3.63) is 66.0 Å². The van der Waals surface area contributed by atoms with Gasteiger partial charge < -0.3 is 19.5 Å². The van der Waals surface area contributed by atoms with E-state index >= 15 is 0 Å².